The molecule has 4 heteroatoms. The molecule has 1 amide bonds. The van der Waals surface area contributed by atoms with Gasteiger partial charge in [0.15, 0.2) is 0 Å². The predicted molar refractivity (Wildman–Crippen MR) is 56.9 cm³/mol. The van der Waals surface area contributed by atoms with Gasteiger partial charge in [-0.05, 0) is 25.5 Å². The van der Waals surface area contributed by atoms with Gasteiger partial charge in [0, 0.05) is 11.3 Å². The van der Waals surface area contributed by atoms with E-state index in [1.165, 1.54) is 18.6 Å². The third-order valence-corrected chi connectivity index (χ3v) is 4.13. The van der Waals surface area contributed by atoms with Crippen LogP contribution in [0.4, 0.5) is 0 Å². The van der Waals surface area contributed by atoms with Crippen LogP contribution in [0.1, 0.15) is 19.8 Å². The zero-order valence-electron chi connectivity index (χ0n) is 7.23. The lowest BCUT2D eigenvalue weighted by Gasteiger charge is -2.22. The van der Waals surface area contributed by atoms with Crippen molar-refractivity contribution in [2.75, 3.05) is 17.6 Å². The van der Waals surface area contributed by atoms with Gasteiger partial charge in [0.2, 0.25) is 5.91 Å². The topological polar surface area (TPSA) is 29.1 Å². The van der Waals surface area contributed by atoms with E-state index in [0.29, 0.717) is 5.33 Å². The number of halogens is 1. The molecule has 1 fully saturated rings. The van der Waals surface area contributed by atoms with Gasteiger partial charge in [0.05, 0.1) is 5.33 Å². The van der Waals surface area contributed by atoms with Gasteiger partial charge in [0.1, 0.15) is 0 Å². The molecular weight excluding hydrogens is 238 g/mol. The van der Waals surface area contributed by atoms with Gasteiger partial charge >= 0.3 is 0 Å². The summed E-state index contributed by atoms with van der Waals surface area (Å²) in [4.78, 5) is 10.9. The van der Waals surface area contributed by atoms with Crippen LogP contribution in [0, 0.1) is 0 Å². The Morgan fingerprint density at radius 1 is 1.75 bits per heavy atom. The number of amides is 1. The molecule has 70 valence electrons. The molecule has 1 N–H and O–H groups in total. The van der Waals surface area contributed by atoms with E-state index in [-0.39, 0.29) is 10.7 Å². The molecule has 1 atom stereocenters. The van der Waals surface area contributed by atoms with Crippen LogP contribution in [0.15, 0.2) is 0 Å². The van der Waals surface area contributed by atoms with Crippen molar-refractivity contribution in [3.8, 4) is 0 Å². The average Bonchev–Trinajstić information content (AvgIpc) is 2.49. The maximum absolute atomic E-state index is 10.9. The van der Waals surface area contributed by atoms with Crippen LogP contribution in [-0.4, -0.2) is 28.3 Å². The summed E-state index contributed by atoms with van der Waals surface area (Å²) in [5.74, 6) is 1.32. The molecule has 12 heavy (non-hydrogen) atoms. The highest BCUT2D eigenvalue weighted by molar-refractivity contribution is 9.09. The maximum Gasteiger partial charge on any atom is 0.230 e. The Labute approximate surface area is 86.0 Å². The average molecular weight is 252 g/mol. The Morgan fingerprint density at radius 3 is 3.00 bits per heavy atom. The lowest BCUT2D eigenvalue weighted by atomic mass is 10.1. The number of thioether (sulfide) groups is 1. The zero-order valence-corrected chi connectivity index (χ0v) is 9.63. The second-order valence-corrected chi connectivity index (χ2v) is 5.56. The molecular formula is C8H14BrNOS. The summed E-state index contributed by atoms with van der Waals surface area (Å²) < 4.78 is 0.290. The van der Waals surface area contributed by atoms with E-state index < -0.39 is 0 Å². The molecule has 1 heterocycles. The van der Waals surface area contributed by atoms with Crippen LogP contribution in [0.3, 0.4) is 0 Å². The van der Waals surface area contributed by atoms with Gasteiger partial charge in [-0.25, -0.2) is 0 Å². The molecule has 0 aromatic rings. The number of carbonyl (C=O) groups excluding carboxylic acids is 1. The minimum absolute atomic E-state index is 0.0868. The second-order valence-electron chi connectivity index (χ2n) is 3.31. The maximum atomic E-state index is 10.9. The number of carbonyl (C=O) groups is 1. The van der Waals surface area contributed by atoms with Crippen molar-refractivity contribution in [1.29, 1.82) is 0 Å². The van der Waals surface area contributed by atoms with E-state index in [1.807, 2.05) is 11.8 Å². The summed E-state index contributed by atoms with van der Waals surface area (Å²) in [6.07, 6.45) is 2.51. The third kappa shape index (κ3) is 2.98. The highest BCUT2D eigenvalue weighted by atomic mass is 79.9. The molecule has 1 aliphatic rings. The van der Waals surface area contributed by atoms with Crippen molar-refractivity contribution < 1.29 is 4.79 Å². The van der Waals surface area contributed by atoms with Crippen molar-refractivity contribution >= 4 is 33.6 Å². The monoisotopic (exact) mass is 251 g/mol. The number of nitrogens with one attached hydrogen (secondary N) is 1. The number of alkyl halides is 1. The zero-order chi connectivity index (χ0) is 9.03. The lowest BCUT2D eigenvalue weighted by Crippen LogP contribution is -2.37. The van der Waals surface area contributed by atoms with Gasteiger partial charge in [0.25, 0.3) is 0 Å². The van der Waals surface area contributed by atoms with Gasteiger partial charge < -0.3 is 5.32 Å². The molecule has 1 unspecified atom stereocenters. The summed E-state index contributed by atoms with van der Waals surface area (Å²) in [5.41, 5.74) is 0. The van der Waals surface area contributed by atoms with Crippen molar-refractivity contribution in [3.05, 3.63) is 0 Å². The van der Waals surface area contributed by atoms with Gasteiger partial charge in [-0.1, -0.05) is 15.9 Å². The molecule has 0 aliphatic carbocycles. The molecule has 0 aromatic carbocycles. The second kappa shape index (κ2) is 4.51. The fourth-order valence-electron chi connectivity index (χ4n) is 1.31. The molecule has 0 bridgehead atoms. The smallest absolute Gasteiger partial charge is 0.230 e. The minimum Gasteiger partial charge on any atom is -0.354 e. The molecule has 1 saturated heterocycles. The number of hydrogen-bond donors (Lipinski definition) is 1. The first-order chi connectivity index (χ1) is 5.66. The fourth-order valence-corrected chi connectivity index (χ4v) is 2.75. The van der Waals surface area contributed by atoms with E-state index in [0.717, 1.165) is 6.54 Å². The minimum atomic E-state index is 0.0868. The van der Waals surface area contributed by atoms with E-state index in [2.05, 4.69) is 28.2 Å². The van der Waals surface area contributed by atoms with Crippen molar-refractivity contribution in [1.82, 2.24) is 5.32 Å². The van der Waals surface area contributed by atoms with Crippen LogP contribution in [-0.2, 0) is 4.79 Å². The molecule has 1 aliphatic heterocycles. The fraction of sp³-hybridized carbons (Fsp3) is 0.875. The lowest BCUT2D eigenvalue weighted by molar-refractivity contribution is -0.118. The summed E-state index contributed by atoms with van der Waals surface area (Å²) >= 11 is 5.09. The number of rotatable bonds is 3. The highest BCUT2D eigenvalue weighted by Gasteiger charge is 2.29. The number of hydrogen-bond acceptors (Lipinski definition) is 2. The first-order valence-corrected chi connectivity index (χ1v) is 6.24. The van der Waals surface area contributed by atoms with Gasteiger partial charge in [-0.2, -0.15) is 11.8 Å². The third-order valence-electron chi connectivity index (χ3n) is 2.08. The van der Waals surface area contributed by atoms with Crippen molar-refractivity contribution in [2.24, 2.45) is 0 Å². The summed E-state index contributed by atoms with van der Waals surface area (Å²) in [6, 6.07) is 0. The Kier molecular flexibility index (Phi) is 3.90. The van der Waals surface area contributed by atoms with E-state index in [4.69, 9.17) is 0 Å². The van der Waals surface area contributed by atoms with E-state index >= 15 is 0 Å². The largest absolute Gasteiger partial charge is 0.354 e. The van der Waals surface area contributed by atoms with Crippen LogP contribution in [0.5, 0.6) is 0 Å². The quantitative estimate of drug-likeness (QED) is 0.776. The van der Waals surface area contributed by atoms with Crippen LogP contribution < -0.4 is 5.32 Å². The molecule has 0 spiro atoms. The Bertz CT molecular complexity index is 168. The molecule has 0 saturated carbocycles. The Balaban J connectivity index is 2.25. The van der Waals surface area contributed by atoms with E-state index in [1.54, 1.807) is 0 Å². The normalized spacial score (nSPS) is 28.8. The van der Waals surface area contributed by atoms with Crippen molar-refractivity contribution in [3.63, 3.8) is 0 Å². The van der Waals surface area contributed by atoms with Gasteiger partial charge in [-0.3, -0.25) is 4.79 Å². The first kappa shape index (κ1) is 10.4. The molecule has 2 nitrogen and oxygen atoms in total. The molecule has 0 aromatic heterocycles. The van der Waals surface area contributed by atoms with Crippen LogP contribution >= 0.6 is 27.7 Å². The first-order valence-electron chi connectivity index (χ1n) is 4.13. The summed E-state index contributed by atoms with van der Waals surface area (Å²) in [5, 5.41) is 3.32. The Hall–Kier alpha value is 0.300. The molecule has 0 radical (unpaired) electrons. The summed E-state index contributed by atoms with van der Waals surface area (Å²) in [6.45, 7) is 3.03. The van der Waals surface area contributed by atoms with Crippen LogP contribution in [0.25, 0.3) is 0 Å². The predicted octanol–water partition coefficient (Wildman–Crippen LogP) is 1.78. The highest BCUT2D eigenvalue weighted by Crippen LogP contribution is 2.36. The van der Waals surface area contributed by atoms with E-state index in [9.17, 15) is 4.79 Å². The molecule has 1 rings (SSSR count). The summed E-state index contributed by atoms with van der Waals surface area (Å²) in [7, 11) is 0. The Morgan fingerprint density at radius 2 is 2.50 bits per heavy atom. The van der Waals surface area contributed by atoms with Crippen LogP contribution in [0.2, 0.25) is 0 Å². The van der Waals surface area contributed by atoms with Gasteiger partial charge in [-0.15, -0.1) is 0 Å². The standard InChI is InChI=1S/C8H14BrNOS/c1-8(3-2-4-12-8)6-10-7(11)5-9/h2-6H2,1H3,(H,10,11). The SMILES string of the molecule is CC1(CNC(=O)CBr)CCCS1. The van der Waals surface area contributed by atoms with Crippen molar-refractivity contribution in [2.45, 2.75) is 24.5 Å².